The zero-order valence-electron chi connectivity index (χ0n) is 9.49. The molecule has 3 nitrogen and oxygen atoms in total. The lowest BCUT2D eigenvalue weighted by Crippen LogP contribution is -2.19. The van der Waals surface area contributed by atoms with Crippen molar-refractivity contribution in [3.05, 3.63) is 39.9 Å². The lowest BCUT2D eigenvalue weighted by atomic mass is 9.78. The largest absolute Gasteiger partial charge is 0.269 e. The lowest BCUT2D eigenvalue weighted by molar-refractivity contribution is -0.384. The fraction of sp³-hybridized carbons (Fsp3) is 0.500. The molecule has 0 spiro atoms. The number of nitro benzene ring substituents is 1. The summed E-state index contributed by atoms with van der Waals surface area (Å²) < 4.78 is 0. The Bertz CT molecular complexity index is 339. The normalized spacial score (nSPS) is 11.4. The Balaban J connectivity index is 3.02. The van der Waals surface area contributed by atoms with Crippen molar-refractivity contribution in [1.82, 2.24) is 0 Å². The van der Waals surface area contributed by atoms with Gasteiger partial charge in [0.15, 0.2) is 0 Å². The fourth-order valence-electron chi connectivity index (χ4n) is 1.64. The second-order valence-electron chi connectivity index (χ2n) is 4.07. The molecular weight excluding hydrogens is 190 g/mol. The van der Waals surface area contributed by atoms with Gasteiger partial charge < -0.3 is 0 Å². The summed E-state index contributed by atoms with van der Waals surface area (Å²) in [5, 5.41) is 10.5. The zero-order chi connectivity index (χ0) is 11.5. The molecule has 1 aromatic carbocycles. The predicted molar refractivity (Wildman–Crippen MR) is 61.0 cm³/mol. The minimum Gasteiger partial charge on any atom is -0.258 e. The molecule has 0 amide bonds. The maximum Gasteiger partial charge on any atom is 0.269 e. The predicted octanol–water partition coefficient (Wildman–Crippen LogP) is 3.67. The molecule has 1 aromatic rings. The Morgan fingerprint density at radius 3 is 2.00 bits per heavy atom. The van der Waals surface area contributed by atoms with Gasteiger partial charge in [-0.15, -0.1) is 0 Å². The van der Waals surface area contributed by atoms with Gasteiger partial charge in [0, 0.05) is 12.1 Å². The number of non-ortho nitro benzene ring substituents is 1. The van der Waals surface area contributed by atoms with E-state index in [4.69, 9.17) is 0 Å². The van der Waals surface area contributed by atoms with Crippen molar-refractivity contribution in [3.8, 4) is 0 Å². The molecule has 0 aliphatic heterocycles. The van der Waals surface area contributed by atoms with Crippen LogP contribution in [0.2, 0.25) is 0 Å². The van der Waals surface area contributed by atoms with Crippen LogP contribution in [0, 0.1) is 10.1 Å². The molecule has 0 atom stereocenters. The minimum absolute atomic E-state index is 0.134. The summed E-state index contributed by atoms with van der Waals surface area (Å²) in [5.41, 5.74) is 1.47. The van der Waals surface area contributed by atoms with Gasteiger partial charge >= 0.3 is 0 Å². The van der Waals surface area contributed by atoms with E-state index in [1.165, 1.54) is 5.56 Å². The Morgan fingerprint density at radius 2 is 1.67 bits per heavy atom. The van der Waals surface area contributed by atoms with Crippen LogP contribution in [0.4, 0.5) is 5.69 Å². The van der Waals surface area contributed by atoms with Gasteiger partial charge in [-0.3, -0.25) is 10.1 Å². The van der Waals surface area contributed by atoms with Gasteiger partial charge in [0.1, 0.15) is 0 Å². The van der Waals surface area contributed by atoms with E-state index in [0.29, 0.717) is 0 Å². The SMILES string of the molecule is CCC(C)(CC)c1ccc([N+](=O)[O-])cc1. The van der Waals surface area contributed by atoms with Gasteiger partial charge in [-0.25, -0.2) is 0 Å². The van der Waals surface area contributed by atoms with Crippen LogP contribution >= 0.6 is 0 Å². The first-order valence-corrected chi connectivity index (χ1v) is 5.28. The number of hydrogen-bond donors (Lipinski definition) is 0. The molecule has 0 aliphatic rings. The van der Waals surface area contributed by atoms with Crippen LogP contribution in [0.25, 0.3) is 0 Å². The molecular formula is C12H17NO2. The zero-order valence-corrected chi connectivity index (χ0v) is 9.49. The van der Waals surface area contributed by atoms with E-state index in [-0.39, 0.29) is 16.0 Å². The maximum absolute atomic E-state index is 10.5. The third kappa shape index (κ3) is 2.35. The summed E-state index contributed by atoms with van der Waals surface area (Å²) >= 11 is 0. The van der Waals surface area contributed by atoms with E-state index in [1.807, 2.05) is 12.1 Å². The van der Waals surface area contributed by atoms with Gasteiger partial charge in [-0.05, 0) is 23.8 Å². The van der Waals surface area contributed by atoms with Crippen molar-refractivity contribution in [2.45, 2.75) is 39.0 Å². The summed E-state index contributed by atoms with van der Waals surface area (Å²) in [5.74, 6) is 0. The maximum atomic E-state index is 10.5. The molecule has 0 radical (unpaired) electrons. The second kappa shape index (κ2) is 4.43. The van der Waals surface area contributed by atoms with Crippen molar-refractivity contribution in [1.29, 1.82) is 0 Å². The van der Waals surface area contributed by atoms with E-state index in [0.717, 1.165) is 12.8 Å². The van der Waals surface area contributed by atoms with Crippen LogP contribution < -0.4 is 0 Å². The first-order chi connectivity index (χ1) is 7.03. The van der Waals surface area contributed by atoms with Gasteiger partial charge in [0.2, 0.25) is 0 Å². The summed E-state index contributed by atoms with van der Waals surface area (Å²) in [6.07, 6.45) is 2.09. The Kier molecular flexibility index (Phi) is 3.45. The van der Waals surface area contributed by atoms with Gasteiger partial charge in [0.25, 0.3) is 5.69 Å². The molecule has 3 heteroatoms. The van der Waals surface area contributed by atoms with Crippen molar-refractivity contribution in [2.24, 2.45) is 0 Å². The van der Waals surface area contributed by atoms with Crippen LogP contribution in [0.5, 0.6) is 0 Å². The molecule has 0 aliphatic carbocycles. The number of nitro groups is 1. The third-order valence-electron chi connectivity index (χ3n) is 3.34. The van der Waals surface area contributed by atoms with E-state index in [9.17, 15) is 10.1 Å². The molecule has 0 N–H and O–H groups in total. The molecule has 15 heavy (non-hydrogen) atoms. The highest BCUT2D eigenvalue weighted by Gasteiger charge is 2.22. The lowest BCUT2D eigenvalue weighted by Gasteiger charge is -2.27. The molecule has 1 rings (SSSR count). The van der Waals surface area contributed by atoms with Crippen LogP contribution in [0.15, 0.2) is 24.3 Å². The van der Waals surface area contributed by atoms with Gasteiger partial charge in [0.05, 0.1) is 4.92 Å². The highest BCUT2D eigenvalue weighted by Crippen LogP contribution is 2.31. The summed E-state index contributed by atoms with van der Waals surface area (Å²) in [4.78, 5) is 10.1. The van der Waals surface area contributed by atoms with Gasteiger partial charge in [-0.2, -0.15) is 0 Å². The number of hydrogen-bond acceptors (Lipinski definition) is 2. The minimum atomic E-state index is -0.362. The van der Waals surface area contributed by atoms with Gasteiger partial charge in [-0.1, -0.05) is 32.9 Å². The standard InChI is InChI=1S/C12H17NO2/c1-4-12(3,5-2)10-6-8-11(9-7-10)13(14)15/h6-9H,4-5H2,1-3H3. The summed E-state index contributed by atoms with van der Waals surface area (Å²) in [6, 6.07) is 6.90. The summed E-state index contributed by atoms with van der Waals surface area (Å²) in [7, 11) is 0. The Hall–Kier alpha value is -1.38. The monoisotopic (exact) mass is 207 g/mol. The molecule has 82 valence electrons. The quantitative estimate of drug-likeness (QED) is 0.558. The van der Waals surface area contributed by atoms with E-state index < -0.39 is 0 Å². The molecule has 0 saturated heterocycles. The second-order valence-corrected chi connectivity index (χ2v) is 4.07. The third-order valence-corrected chi connectivity index (χ3v) is 3.34. The average Bonchev–Trinajstić information content (AvgIpc) is 2.28. The van der Waals surface area contributed by atoms with E-state index in [1.54, 1.807) is 12.1 Å². The number of nitrogens with zero attached hydrogens (tertiary/aromatic N) is 1. The average molecular weight is 207 g/mol. The van der Waals surface area contributed by atoms with Crippen molar-refractivity contribution >= 4 is 5.69 Å². The number of benzene rings is 1. The van der Waals surface area contributed by atoms with Crippen LogP contribution in [-0.2, 0) is 5.41 Å². The van der Waals surface area contributed by atoms with Crippen molar-refractivity contribution in [3.63, 3.8) is 0 Å². The number of rotatable bonds is 4. The first-order valence-electron chi connectivity index (χ1n) is 5.28. The van der Waals surface area contributed by atoms with Crippen LogP contribution in [0.3, 0.4) is 0 Å². The molecule has 0 heterocycles. The fourth-order valence-corrected chi connectivity index (χ4v) is 1.64. The van der Waals surface area contributed by atoms with Crippen molar-refractivity contribution in [2.75, 3.05) is 0 Å². The smallest absolute Gasteiger partial charge is 0.258 e. The van der Waals surface area contributed by atoms with Crippen molar-refractivity contribution < 1.29 is 4.92 Å². The Morgan fingerprint density at radius 1 is 1.20 bits per heavy atom. The molecule has 0 unspecified atom stereocenters. The summed E-state index contributed by atoms with van der Waals surface area (Å²) in [6.45, 7) is 6.48. The first kappa shape index (κ1) is 11.7. The van der Waals surface area contributed by atoms with E-state index in [2.05, 4.69) is 20.8 Å². The van der Waals surface area contributed by atoms with Crippen LogP contribution in [0.1, 0.15) is 39.2 Å². The molecule has 0 aromatic heterocycles. The highest BCUT2D eigenvalue weighted by atomic mass is 16.6. The molecule has 0 bridgehead atoms. The van der Waals surface area contributed by atoms with Crippen LogP contribution in [-0.4, -0.2) is 4.92 Å². The Labute approximate surface area is 90.3 Å². The molecule has 0 saturated carbocycles. The topological polar surface area (TPSA) is 43.1 Å². The molecule has 0 fully saturated rings. The van der Waals surface area contributed by atoms with E-state index >= 15 is 0 Å². The highest BCUT2D eigenvalue weighted by molar-refractivity contribution is 5.36.